The molecular weight excluding hydrogens is 807 g/mol. The van der Waals surface area contributed by atoms with Crippen molar-refractivity contribution in [3.8, 4) is 33.4 Å². The van der Waals surface area contributed by atoms with Gasteiger partial charge in [0.15, 0.2) is 0 Å². The Labute approximate surface area is 389 Å². The summed E-state index contributed by atoms with van der Waals surface area (Å²) in [5, 5.41) is 9.99. The Morgan fingerprint density at radius 1 is 0.254 bits per heavy atom. The van der Waals surface area contributed by atoms with Gasteiger partial charge in [-0.05, 0) is 135 Å². The van der Waals surface area contributed by atoms with Crippen molar-refractivity contribution in [1.29, 1.82) is 0 Å². The Kier molecular flexibility index (Phi) is 7.42. The average molecular weight is 848 g/mol. The van der Waals surface area contributed by atoms with Gasteiger partial charge in [0, 0.05) is 16.8 Å². The molecule has 1 nitrogen and oxygen atoms in total. The third-order valence-electron chi connectivity index (χ3n) is 15.7. The summed E-state index contributed by atoms with van der Waals surface area (Å²) in [4.78, 5) is 2.54. The molecule has 0 aromatic heterocycles. The van der Waals surface area contributed by atoms with Crippen LogP contribution in [0.15, 0.2) is 249 Å². The fraction of sp³-hybridized carbons (Fsp3) is 0.0303. The second-order valence-corrected chi connectivity index (χ2v) is 18.6. The highest BCUT2D eigenvalue weighted by molar-refractivity contribution is 6.13. The highest BCUT2D eigenvalue weighted by Gasteiger charge is 2.67. The van der Waals surface area contributed by atoms with Crippen molar-refractivity contribution in [3.05, 3.63) is 282 Å². The summed E-state index contributed by atoms with van der Waals surface area (Å²) in [6.07, 6.45) is 0. The van der Waals surface area contributed by atoms with E-state index in [1.165, 1.54) is 110 Å². The molecule has 3 aliphatic rings. The van der Waals surface area contributed by atoms with Crippen LogP contribution >= 0.6 is 0 Å². The second-order valence-electron chi connectivity index (χ2n) is 18.6. The first kappa shape index (κ1) is 36.8. The van der Waals surface area contributed by atoms with Crippen LogP contribution in [0.5, 0.6) is 0 Å². The van der Waals surface area contributed by atoms with Crippen molar-refractivity contribution < 1.29 is 0 Å². The van der Waals surface area contributed by atoms with Gasteiger partial charge in [-0.15, -0.1) is 0 Å². The van der Waals surface area contributed by atoms with Crippen LogP contribution in [0.25, 0.3) is 76.5 Å². The minimum Gasteiger partial charge on any atom is -0.310 e. The molecule has 67 heavy (non-hydrogen) atoms. The molecule has 12 aromatic carbocycles. The highest BCUT2D eigenvalue weighted by Crippen LogP contribution is 2.74. The van der Waals surface area contributed by atoms with E-state index < -0.39 is 10.8 Å². The monoisotopic (exact) mass is 847 g/mol. The number of benzene rings is 12. The molecule has 0 bridgehead atoms. The molecule has 0 spiro atoms. The molecule has 310 valence electrons. The molecule has 0 unspecified atom stereocenters. The Morgan fingerprint density at radius 3 is 1.30 bits per heavy atom. The molecule has 0 saturated heterocycles. The first-order valence-corrected chi connectivity index (χ1v) is 23.5. The van der Waals surface area contributed by atoms with Gasteiger partial charge >= 0.3 is 0 Å². The molecule has 15 rings (SSSR count). The van der Waals surface area contributed by atoms with Gasteiger partial charge in [0.2, 0.25) is 0 Å². The lowest BCUT2D eigenvalue weighted by Gasteiger charge is -2.56. The van der Waals surface area contributed by atoms with Crippen LogP contribution in [0.4, 0.5) is 17.1 Å². The highest BCUT2D eigenvalue weighted by atomic mass is 15.1. The number of nitrogens with zero attached hydrogens (tertiary/aromatic N) is 1. The van der Waals surface area contributed by atoms with E-state index in [2.05, 4.69) is 254 Å². The molecule has 0 saturated carbocycles. The topological polar surface area (TPSA) is 3.24 Å². The predicted octanol–water partition coefficient (Wildman–Crippen LogP) is 17.1. The summed E-state index contributed by atoms with van der Waals surface area (Å²) >= 11 is 0. The van der Waals surface area contributed by atoms with Gasteiger partial charge in [-0.25, -0.2) is 0 Å². The van der Waals surface area contributed by atoms with Crippen molar-refractivity contribution in [1.82, 2.24) is 0 Å². The molecule has 3 aliphatic carbocycles. The maximum atomic E-state index is 2.54. The molecule has 0 fully saturated rings. The Hall–Kier alpha value is -8.52. The third kappa shape index (κ3) is 4.63. The minimum atomic E-state index is -0.552. The Morgan fingerprint density at radius 2 is 0.672 bits per heavy atom. The molecule has 1 heteroatoms. The summed E-state index contributed by atoms with van der Waals surface area (Å²) < 4.78 is 0. The van der Waals surface area contributed by atoms with E-state index in [0.717, 1.165) is 17.1 Å². The zero-order valence-electron chi connectivity index (χ0n) is 36.6. The molecule has 0 N–H and O–H groups in total. The van der Waals surface area contributed by atoms with Crippen molar-refractivity contribution in [2.75, 3.05) is 4.90 Å². The van der Waals surface area contributed by atoms with Crippen molar-refractivity contribution in [3.63, 3.8) is 0 Å². The van der Waals surface area contributed by atoms with E-state index in [9.17, 15) is 0 Å². The molecule has 12 aromatic rings. The zero-order valence-corrected chi connectivity index (χ0v) is 36.6. The molecular formula is C66H41N. The third-order valence-corrected chi connectivity index (χ3v) is 15.7. The molecule has 0 heterocycles. The largest absolute Gasteiger partial charge is 0.310 e. The van der Waals surface area contributed by atoms with Crippen LogP contribution in [0, 0.1) is 0 Å². The fourth-order valence-electron chi connectivity index (χ4n) is 13.3. The summed E-state index contributed by atoms with van der Waals surface area (Å²) in [7, 11) is 0. The first-order chi connectivity index (χ1) is 33.2. The minimum absolute atomic E-state index is 0.552. The number of rotatable bonds is 4. The Bertz CT molecular complexity index is 3870. The summed E-state index contributed by atoms with van der Waals surface area (Å²) in [6, 6.07) is 94.2. The van der Waals surface area contributed by atoms with Crippen LogP contribution < -0.4 is 4.90 Å². The summed E-state index contributed by atoms with van der Waals surface area (Å²) in [6.45, 7) is 0. The van der Waals surface area contributed by atoms with Crippen LogP contribution in [0.3, 0.4) is 0 Å². The quantitative estimate of drug-likeness (QED) is 0.160. The van der Waals surface area contributed by atoms with E-state index in [1.807, 2.05) is 0 Å². The van der Waals surface area contributed by atoms with E-state index in [1.54, 1.807) is 0 Å². The number of fused-ring (bicyclic) bond motifs is 10. The van der Waals surface area contributed by atoms with E-state index in [0.29, 0.717) is 0 Å². The van der Waals surface area contributed by atoms with Crippen LogP contribution in [-0.4, -0.2) is 0 Å². The standard InChI is InChI=1S/C66H41N/c1-2-16-42(17-3-1)49-25-14-19-44-34-36-46(40-55(44)49)67(47-37-35-45-33-32-43-18-4-5-20-48(43)56(45)41-47)63-39-38-62-64-54(63)26-15-31-61(64)65-57-27-10-6-21-50(57)52-23-8-12-29-59(52)66(62,65)60-30-13-9-24-53(60)51-22-7-11-28-58(51)65/h1-41H. The lowest BCUT2D eigenvalue weighted by atomic mass is 9.43. The maximum absolute atomic E-state index is 2.54. The number of hydrogen-bond acceptors (Lipinski definition) is 1. The van der Waals surface area contributed by atoms with Gasteiger partial charge in [-0.3, -0.25) is 0 Å². The Balaban J connectivity index is 1.09. The van der Waals surface area contributed by atoms with E-state index >= 15 is 0 Å². The van der Waals surface area contributed by atoms with E-state index in [-0.39, 0.29) is 0 Å². The fourth-order valence-corrected chi connectivity index (χ4v) is 13.3. The van der Waals surface area contributed by atoms with Crippen LogP contribution in [0.1, 0.15) is 33.4 Å². The number of hydrogen-bond donors (Lipinski definition) is 0. The average Bonchev–Trinajstić information content (AvgIpc) is 3.69. The van der Waals surface area contributed by atoms with Gasteiger partial charge in [0.25, 0.3) is 0 Å². The molecule has 0 radical (unpaired) electrons. The van der Waals surface area contributed by atoms with Crippen molar-refractivity contribution >= 4 is 60.2 Å². The van der Waals surface area contributed by atoms with Gasteiger partial charge in [-0.1, -0.05) is 218 Å². The van der Waals surface area contributed by atoms with Gasteiger partial charge in [0.1, 0.15) is 0 Å². The maximum Gasteiger partial charge on any atom is 0.0648 e. The lowest BCUT2D eigenvalue weighted by Crippen LogP contribution is -2.54. The van der Waals surface area contributed by atoms with Gasteiger partial charge in [-0.2, -0.15) is 0 Å². The predicted molar refractivity (Wildman–Crippen MR) is 280 cm³/mol. The summed E-state index contributed by atoms with van der Waals surface area (Å²) in [5.41, 5.74) is 18.1. The van der Waals surface area contributed by atoms with Gasteiger partial charge < -0.3 is 4.90 Å². The van der Waals surface area contributed by atoms with Crippen molar-refractivity contribution in [2.24, 2.45) is 0 Å². The smallest absolute Gasteiger partial charge is 0.0648 e. The normalized spacial score (nSPS) is 17.1. The lowest BCUT2D eigenvalue weighted by molar-refractivity contribution is 0.432. The van der Waals surface area contributed by atoms with Crippen LogP contribution in [0.2, 0.25) is 0 Å². The first-order valence-electron chi connectivity index (χ1n) is 23.5. The molecule has 0 atom stereocenters. The van der Waals surface area contributed by atoms with Crippen LogP contribution in [-0.2, 0) is 10.8 Å². The van der Waals surface area contributed by atoms with E-state index in [4.69, 9.17) is 0 Å². The molecule has 0 amide bonds. The van der Waals surface area contributed by atoms with Gasteiger partial charge in [0.05, 0.1) is 16.5 Å². The molecule has 0 aliphatic heterocycles. The zero-order chi connectivity index (χ0) is 43.8. The number of anilines is 3. The second kappa shape index (κ2) is 13.5. The SMILES string of the molecule is c1ccc(-c2cccc3ccc(N(c4ccc5ccc6ccccc6c5c4)c4ccc5c6c(cccc46)C46c7ccccc7-c7ccccc7C54c4ccccc4-c4ccccc46)cc23)cc1. The summed E-state index contributed by atoms with van der Waals surface area (Å²) in [5.74, 6) is 0. The van der Waals surface area contributed by atoms with Crippen molar-refractivity contribution in [2.45, 2.75) is 10.8 Å².